The normalized spacial score (nSPS) is 22.5. The van der Waals surface area contributed by atoms with E-state index in [0.717, 1.165) is 5.82 Å². The zero-order valence-electron chi connectivity index (χ0n) is 13.5. The first kappa shape index (κ1) is 15.9. The minimum atomic E-state index is 0.288. The van der Waals surface area contributed by atoms with Crippen molar-refractivity contribution >= 4 is 11.9 Å². The molecule has 1 saturated carbocycles. The number of nitrogens with two attached hydrogens (primary N) is 1. The fourth-order valence-electron chi connectivity index (χ4n) is 2.85. The molecule has 118 valence electrons. The third-order valence-corrected chi connectivity index (χ3v) is 4.21. The maximum absolute atomic E-state index is 5.77. The number of hydrogen-bond acceptors (Lipinski definition) is 7. The SMILES string of the molecule is CNC1CCC(N(C)Cc2nc(N)nc(N(C)C)n2)CC1. The van der Waals surface area contributed by atoms with Crippen LogP contribution in [0.1, 0.15) is 31.5 Å². The van der Waals surface area contributed by atoms with Gasteiger partial charge in [0.1, 0.15) is 5.82 Å². The van der Waals surface area contributed by atoms with Gasteiger partial charge in [-0.2, -0.15) is 15.0 Å². The van der Waals surface area contributed by atoms with E-state index in [-0.39, 0.29) is 5.95 Å². The molecule has 1 fully saturated rings. The minimum Gasteiger partial charge on any atom is -0.368 e. The molecule has 0 bridgehead atoms. The lowest BCUT2D eigenvalue weighted by Gasteiger charge is -2.34. The van der Waals surface area contributed by atoms with Gasteiger partial charge in [-0.1, -0.05) is 0 Å². The Morgan fingerprint density at radius 1 is 1.10 bits per heavy atom. The van der Waals surface area contributed by atoms with E-state index in [4.69, 9.17) is 5.73 Å². The van der Waals surface area contributed by atoms with Crippen LogP contribution in [0.3, 0.4) is 0 Å². The molecule has 0 unspecified atom stereocenters. The molecule has 7 heteroatoms. The number of nitrogens with zero attached hydrogens (tertiary/aromatic N) is 5. The van der Waals surface area contributed by atoms with Crippen LogP contribution in [-0.2, 0) is 6.54 Å². The molecule has 21 heavy (non-hydrogen) atoms. The summed E-state index contributed by atoms with van der Waals surface area (Å²) in [5.74, 6) is 1.64. The second-order valence-electron chi connectivity index (χ2n) is 6.01. The number of aromatic nitrogens is 3. The average molecular weight is 293 g/mol. The number of rotatable bonds is 5. The summed E-state index contributed by atoms with van der Waals surface area (Å²) in [6, 6.07) is 1.26. The van der Waals surface area contributed by atoms with Gasteiger partial charge in [-0.25, -0.2) is 0 Å². The number of nitrogens with one attached hydrogen (secondary N) is 1. The Morgan fingerprint density at radius 2 is 1.76 bits per heavy atom. The summed E-state index contributed by atoms with van der Waals surface area (Å²) >= 11 is 0. The van der Waals surface area contributed by atoms with Crippen molar-refractivity contribution in [1.29, 1.82) is 0 Å². The van der Waals surface area contributed by atoms with Crippen molar-refractivity contribution in [2.75, 3.05) is 38.8 Å². The number of hydrogen-bond donors (Lipinski definition) is 2. The van der Waals surface area contributed by atoms with Crippen LogP contribution in [0, 0.1) is 0 Å². The first-order valence-corrected chi connectivity index (χ1v) is 7.55. The summed E-state index contributed by atoms with van der Waals surface area (Å²) in [5, 5.41) is 3.37. The van der Waals surface area contributed by atoms with Gasteiger partial charge in [0.15, 0.2) is 0 Å². The Kier molecular flexibility index (Phi) is 5.30. The van der Waals surface area contributed by atoms with Crippen LogP contribution in [0.15, 0.2) is 0 Å². The Morgan fingerprint density at radius 3 is 2.33 bits per heavy atom. The Labute approximate surface area is 127 Å². The predicted octanol–water partition coefficient (Wildman–Crippen LogP) is 0.482. The van der Waals surface area contributed by atoms with Crippen molar-refractivity contribution in [1.82, 2.24) is 25.2 Å². The van der Waals surface area contributed by atoms with Crippen molar-refractivity contribution in [3.8, 4) is 0 Å². The highest BCUT2D eigenvalue weighted by molar-refractivity contribution is 5.32. The summed E-state index contributed by atoms with van der Waals surface area (Å²) in [5.41, 5.74) is 5.77. The Bertz CT molecular complexity index is 455. The molecule has 0 saturated heterocycles. The zero-order chi connectivity index (χ0) is 15.4. The molecule has 0 amide bonds. The zero-order valence-corrected chi connectivity index (χ0v) is 13.5. The maximum Gasteiger partial charge on any atom is 0.229 e. The molecule has 1 heterocycles. The van der Waals surface area contributed by atoms with Crippen molar-refractivity contribution in [3.05, 3.63) is 5.82 Å². The Balaban J connectivity index is 1.98. The minimum absolute atomic E-state index is 0.288. The van der Waals surface area contributed by atoms with Crippen molar-refractivity contribution in [2.24, 2.45) is 0 Å². The quantitative estimate of drug-likeness (QED) is 0.817. The van der Waals surface area contributed by atoms with Crippen molar-refractivity contribution < 1.29 is 0 Å². The van der Waals surface area contributed by atoms with Crippen LogP contribution >= 0.6 is 0 Å². The average Bonchev–Trinajstić information content (AvgIpc) is 2.46. The molecule has 0 spiro atoms. The van der Waals surface area contributed by atoms with Gasteiger partial charge in [-0.05, 0) is 39.8 Å². The third kappa shape index (κ3) is 4.25. The molecule has 2 rings (SSSR count). The lowest BCUT2D eigenvalue weighted by Crippen LogP contribution is -2.39. The lowest BCUT2D eigenvalue weighted by molar-refractivity contribution is 0.166. The second kappa shape index (κ2) is 7.00. The van der Waals surface area contributed by atoms with Crippen molar-refractivity contribution in [3.63, 3.8) is 0 Å². The molecule has 1 aromatic rings. The van der Waals surface area contributed by atoms with E-state index in [1.54, 1.807) is 0 Å². The van der Waals surface area contributed by atoms with Gasteiger partial charge < -0.3 is 16.0 Å². The molecule has 0 atom stereocenters. The summed E-state index contributed by atoms with van der Waals surface area (Å²) in [7, 11) is 7.99. The molecule has 1 aliphatic rings. The molecular weight excluding hydrogens is 266 g/mol. The predicted molar refractivity (Wildman–Crippen MR) is 85.1 cm³/mol. The third-order valence-electron chi connectivity index (χ3n) is 4.21. The van der Waals surface area contributed by atoms with E-state index >= 15 is 0 Å². The van der Waals surface area contributed by atoms with Crippen LogP contribution in [0.25, 0.3) is 0 Å². The smallest absolute Gasteiger partial charge is 0.229 e. The molecule has 0 aromatic carbocycles. The standard InChI is InChI=1S/C14H27N7/c1-16-10-5-7-11(8-6-10)21(4)9-12-17-13(15)19-14(18-12)20(2)3/h10-11,16H,5-9H2,1-4H3,(H2,15,17,18,19). The summed E-state index contributed by atoms with van der Waals surface area (Å²) < 4.78 is 0. The summed E-state index contributed by atoms with van der Waals surface area (Å²) in [4.78, 5) is 17.0. The second-order valence-corrected chi connectivity index (χ2v) is 6.01. The fraction of sp³-hybridized carbons (Fsp3) is 0.786. The number of anilines is 2. The van der Waals surface area contributed by atoms with E-state index in [1.807, 2.05) is 26.0 Å². The number of nitrogen functional groups attached to an aromatic ring is 1. The molecule has 7 nitrogen and oxygen atoms in total. The van der Waals surface area contributed by atoms with Gasteiger partial charge in [0, 0.05) is 26.2 Å². The topological polar surface area (TPSA) is 83.2 Å². The van der Waals surface area contributed by atoms with Crippen LogP contribution in [-0.4, -0.2) is 60.1 Å². The molecule has 0 radical (unpaired) electrons. The maximum atomic E-state index is 5.77. The van der Waals surface area contributed by atoms with E-state index in [0.29, 0.717) is 24.6 Å². The van der Waals surface area contributed by atoms with E-state index in [2.05, 4.69) is 32.2 Å². The fourth-order valence-corrected chi connectivity index (χ4v) is 2.85. The monoisotopic (exact) mass is 293 g/mol. The van der Waals surface area contributed by atoms with Gasteiger partial charge in [0.25, 0.3) is 0 Å². The highest BCUT2D eigenvalue weighted by Crippen LogP contribution is 2.23. The van der Waals surface area contributed by atoms with Gasteiger partial charge in [0.2, 0.25) is 11.9 Å². The van der Waals surface area contributed by atoms with E-state index in [9.17, 15) is 0 Å². The summed E-state index contributed by atoms with van der Waals surface area (Å²) in [6.07, 6.45) is 4.88. The van der Waals surface area contributed by atoms with Gasteiger partial charge >= 0.3 is 0 Å². The van der Waals surface area contributed by atoms with Gasteiger partial charge in [0.05, 0.1) is 6.54 Å². The van der Waals surface area contributed by atoms with Crippen LogP contribution in [0.5, 0.6) is 0 Å². The van der Waals surface area contributed by atoms with Gasteiger partial charge in [-0.15, -0.1) is 0 Å². The van der Waals surface area contributed by atoms with Crippen LogP contribution in [0.4, 0.5) is 11.9 Å². The molecule has 1 aromatic heterocycles. The van der Waals surface area contributed by atoms with Crippen LogP contribution < -0.4 is 16.0 Å². The highest BCUT2D eigenvalue weighted by atomic mass is 15.3. The van der Waals surface area contributed by atoms with E-state index in [1.165, 1.54) is 25.7 Å². The van der Waals surface area contributed by atoms with Crippen LogP contribution in [0.2, 0.25) is 0 Å². The first-order chi connectivity index (χ1) is 9.99. The lowest BCUT2D eigenvalue weighted by atomic mass is 9.90. The largest absolute Gasteiger partial charge is 0.368 e. The molecular formula is C14H27N7. The van der Waals surface area contributed by atoms with Crippen molar-refractivity contribution in [2.45, 2.75) is 44.3 Å². The molecule has 0 aliphatic heterocycles. The Hall–Kier alpha value is -1.47. The first-order valence-electron chi connectivity index (χ1n) is 7.55. The summed E-state index contributed by atoms with van der Waals surface area (Å²) in [6.45, 7) is 0.711. The van der Waals surface area contributed by atoms with E-state index < -0.39 is 0 Å². The molecule has 3 N–H and O–H groups in total. The highest BCUT2D eigenvalue weighted by Gasteiger charge is 2.23. The van der Waals surface area contributed by atoms with Gasteiger partial charge in [-0.3, -0.25) is 4.90 Å². The molecule has 1 aliphatic carbocycles.